The fourth-order valence-electron chi connectivity index (χ4n) is 2.61. The lowest BCUT2D eigenvalue weighted by molar-refractivity contribution is -0.123. The Kier molecular flexibility index (Phi) is 4.82. The van der Waals surface area contributed by atoms with E-state index in [1.807, 2.05) is 0 Å². The summed E-state index contributed by atoms with van der Waals surface area (Å²) in [7, 11) is 0. The van der Waals surface area contributed by atoms with Gasteiger partial charge in [-0.2, -0.15) is 0 Å². The van der Waals surface area contributed by atoms with Crippen molar-refractivity contribution in [2.45, 2.75) is 78.8 Å². The van der Waals surface area contributed by atoms with Gasteiger partial charge < -0.3 is 11.1 Å². The van der Waals surface area contributed by atoms with Crippen molar-refractivity contribution in [1.82, 2.24) is 5.32 Å². The SMILES string of the molecule is CC1(C)CCCC(NC(=O)CC(N)C(C)(C)C)C1. The van der Waals surface area contributed by atoms with Crippen LogP contribution in [0.25, 0.3) is 0 Å². The van der Waals surface area contributed by atoms with Gasteiger partial charge in [-0.1, -0.05) is 41.0 Å². The number of hydrogen-bond acceptors (Lipinski definition) is 2. The summed E-state index contributed by atoms with van der Waals surface area (Å²) in [5, 5.41) is 3.16. The smallest absolute Gasteiger partial charge is 0.221 e. The Morgan fingerprint density at radius 3 is 2.56 bits per heavy atom. The highest BCUT2D eigenvalue weighted by Crippen LogP contribution is 2.35. The molecule has 2 unspecified atom stereocenters. The topological polar surface area (TPSA) is 55.1 Å². The Bertz CT molecular complexity index is 291. The third-order valence-electron chi connectivity index (χ3n) is 4.09. The number of rotatable bonds is 3. The highest BCUT2D eigenvalue weighted by molar-refractivity contribution is 5.77. The molecule has 0 saturated heterocycles. The Morgan fingerprint density at radius 1 is 1.44 bits per heavy atom. The minimum absolute atomic E-state index is 0.0107. The van der Waals surface area contributed by atoms with Crippen molar-refractivity contribution in [2.24, 2.45) is 16.6 Å². The van der Waals surface area contributed by atoms with Gasteiger partial charge in [-0.25, -0.2) is 0 Å². The lowest BCUT2D eigenvalue weighted by Gasteiger charge is -2.36. The molecule has 18 heavy (non-hydrogen) atoms. The van der Waals surface area contributed by atoms with E-state index in [4.69, 9.17) is 5.73 Å². The first-order chi connectivity index (χ1) is 8.10. The molecular formula is C15H30N2O. The van der Waals surface area contributed by atoms with Crippen molar-refractivity contribution >= 4 is 5.91 Å². The van der Waals surface area contributed by atoms with Crippen molar-refractivity contribution in [3.63, 3.8) is 0 Å². The van der Waals surface area contributed by atoms with Crippen molar-refractivity contribution in [3.8, 4) is 0 Å². The molecule has 0 aromatic rings. The maximum absolute atomic E-state index is 12.0. The first-order valence-corrected chi connectivity index (χ1v) is 7.15. The van der Waals surface area contributed by atoms with Crippen molar-refractivity contribution < 1.29 is 4.79 Å². The third kappa shape index (κ3) is 4.97. The number of amides is 1. The molecule has 3 N–H and O–H groups in total. The van der Waals surface area contributed by atoms with Crippen molar-refractivity contribution in [3.05, 3.63) is 0 Å². The molecule has 2 atom stereocenters. The Balaban J connectivity index is 2.41. The van der Waals surface area contributed by atoms with E-state index in [9.17, 15) is 4.79 Å². The van der Waals surface area contributed by atoms with Crippen LogP contribution in [0.2, 0.25) is 0 Å². The quantitative estimate of drug-likeness (QED) is 0.813. The lowest BCUT2D eigenvalue weighted by Crippen LogP contribution is -2.45. The second kappa shape index (κ2) is 5.60. The highest BCUT2D eigenvalue weighted by Gasteiger charge is 2.30. The van der Waals surface area contributed by atoms with Crippen LogP contribution < -0.4 is 11.1 Å². The zero-order valence-corrected chi connectivity index (χ0v) is 12.7. The van der Waals surface area contributed by atoms with Crippen LogP contribution >= 0.6 is 0 Å². The van der Waals surface area contributed by atoms with Gasteiger partial charge in [-0.3, -0.25) is 4.79 Å². The van der Waals surface area contributed by atoms with Crippen LogP contribution in [-0.4, -0.2) is 18.0 Å². The Morgan fingerprint density at radius 2 is 2.06 bits per heavy atom. The molecule has 0 aromatic heterocycles. The molecular weight excluding hydrogens is 224 g/mol. The summed E-state index contributed by atoms with van der Waals surface area (Å²) >= 11 is 0. The number of nitrogens with one attached hydrogen (secondary N) is 1. The molecule has 0 aromatic carbocycles. The highest BCUT2D eigenvalue weighted by atomic mass is 16.1. The Labute approximate surface area is 112 Å². The van der Waals surface area contributed by atoms with Crippen LogP contribution in [0.4, 0.5) is 0 Å². The zero-order chi connectivity index (χ0) is 14.0. The molecule has 0 aliphatic heterocycles. The number of hydrogen-bond donors (Lipinski definition) is 2. The average molecular weight is 254 g/mol. The van der Waals surface area contributed by atoms with E-state index in [0.29, 0.717) is 17.9 Å². The van der Waals surface area contributed by atoms with Crippen LogP contribution in [0.5, 0.6) is 0 Å². The average Bonchev–Trinajstić information content (AvgIpc) is 2.13. The monoisotopic (exact) mass is 254 g/mol. The fraction of sp³-hybridized carbons (Fsp3) is 0.933. The molecule has 0 radical (unpaired) electrons. The number of carbonyl (C=O) groups is 1. The summed E-state index contributed by atoms with van der Waals surface area (Å²) in [5.41, 5.74) is 6.40. The number of carbonyl (C=O) groups excluding carboxylic acids is 1. The third-order valence-corrected chi connectivity index (χ3v) is 4.09. The van der Waals surface area contributed by atoms with Gasteiger partial charge in [-0.05, 0) is 30.1 Å². The summed E-state index contributed by atoms with van der Waals surface area (Å²) < 4.78 is 0. The van der Waals surface area contributed by atoms with Gasteiger partial charge in [0.05, 0.1) is 0 Å². The predicted octanol–water partition coefficient (Wildman–Crippen LogP) is 2.83. The normalized spacial score (nSPS) is 25.6. The molecule has 1 amide bonds. The van der Waals surface area contributed by atoms with Gasteiger partial charge >= 0.3 is 0 Å². The maximum Gasteiger partial charge on any atom is 0.221 e. The molecule has 1 saturated carbocycles. The van der Waals surface area contributed by atoms with Crippen LogP contribution in [0, 0.1) is 10.8 Å². The van der Waals surface area contributed by atoms with Crippen LogP contribution in [0.1, 0.15) is 66.7 Å². The van der Waals surface area contributed by atoms with Crippen LogP contribution in [-0.2, 0) is 4.79 Å². The van der Waals surface area contributed by atoms with Crippen molar-refractivity contribution in [1.29, 1.82) is 0 Å². The molecule has 0 heterocycles. The maximum atomic E-state index is 12.0. The second-order valence-corrected chi connectivity index (χ2v) is 7.70. The molecule has 106 valence electrons. The molecule has 0 spiro atoms. The summed E-state index contributed by atoms with van der Waals surface area (Å²) in [5.74, 6) is 0.111. The van der Waals surface area contributed by atoms with E-state index >= 15 is 0 Å². The Hall–Kier alpha value is -0.570. The van der Waals surface area contributed by atoms with E-state index < -0.39 is 0 Å². The summed E-state index contributed by atoms with van der Waals surface area (Å²) in [6, 6.07) is 0.266. The standard InChI is InChI=1S/C15H30N2O/c1-14(2,3)12(16)9-13(18)17-11-7-6-8-15(4,5)10-11/h11-12H,6-10,16H2,1-5H3,(H,17,18). The van der Waals surface area contributed by atoms with E-state index in [-0.39, 0.29) is 17.4 Å². The summed E-state index contributed by atoms with van der Waals surface area (Å²) in [6.45, 7) is 10.8. The van der Waals surface area contributed by atoms with Crippen molar-refractivity contribution in [2.75, 3.05) is 0 Å². The first-order valence-electron chi connectivity index (χ1n) is 7.15. The van der Waals surface area contributed by atoms with Gasteiger partial charge in [0.1, 0.15) is 0 Å². The zero-order valence-electron chi connectivity index (χ0n) is 12.7. The van der Waals surface area contributed by atoms with E-state index in [0.717, 1.165) is 12.8 Å². The van der Waals surface area contributed by atoms with Gasteiger partial charge in [0.25, 0.3) is 0 Å². The molecule has 1 fully saturated rings. The van der Waals surface area contributed by atoms with Crippen LogP contribution in [0.3, 0.4) is 0 Å². The lowest BCUT2D eigenvalue weighted by atomic mass is 9.75. The van der Waals surface area contributed by atoms with Crippen LogP contribution in [0.15, 0.2) is 0 Å². The number of nitrogens with two attached hydrogens (primary N) is 1. The molecule has 1 rings (SSSR count). The summed E-state index contributed by atoms with van der Waals surface area (Å²) in [6.07, 6.45) is 5.11. The second-order valence-electron chi connectivity index (χ2n) is 7.70. The fourth-order valence-corrected chi connectivity index (χ4v) is 2.61. The molecule has 1 aliphatic carbocycles. The van der Waals surface area contributed by atoms with Gasteiger partial charge in [0.15, 0.2) is 0 Å². The van der Waals surface area contributed by atoms with E-state index in [1.165, 1.54) is 12.8 Å². The minimum Gasteiger partial charge on any atom is -0.353 e. The van der Waals surface area contributed by atoms with E-state index in [2.05, 4.69) is 39.9 Å². The van der Waals surface area contributed by atoms with Gasteiger partial charge in [-0.15, -0.1) is 0 Å². The largest absolute Gasteiger partial charge is 0.353 e. The molecule has 1 aliphatic rings. The molecule has 0 bridgehead atoms. The molecule has 3 heteroatoms. The van der Waals surface area contributed by atoms with Gasteiger partial charge in [0.2, 0.25) is 5.91 Å². The molecule has 3 nitrogen and oxygen atoms in total. The van der Waals surface area contributed by atoms with E-state index in [1.54, 1.807) is 0 Å². The minimum atomic E-state index is -0.0749. The predicted molar refractivity (Wildman–Crippen MR) is 76.2 cm³/mol. The summed E-state index contributed by atoms with van der Waals surface area (Å²) in [4.78, 5) is 12.0. The first kappa shape index (κ1) is 15.5. The van der Waals surface area contributed by atoms with Gasteiger partial charge in [0, 0.05) is 18.5 Å².